The molecule has 1 aromatic carbocycles. The van der Waals surface area contributed by atoms with E-state index in [0.29, 0.717) is 0 Å². The summed E-state index contributed by atoms with van der Waals surface area (Å²) in [7, 11) is -2.11. The predicted octanol–water partition coefficient (Wildman–Crippen LogP) is 5.76. The van der Waals surface area contributed by atoms with Crippen molar-refractivity contribution in [2.75, 3.05) is 0 Å². The van der Waals surface area contributed by atoms with Crippen LogP contribution < -0.4 is 5.30 Å². The molecule has 0 radical (unpaired) electrons. The molecule has 0 amide bonds. The van der Waals surface area contributed by atoms with Crippen molar-refractivity contribution in [2.45, 2.75) is 65.5 Å². The summed E-state index contributed by atoms with van der Waals surface area (Å²) in [6.07, 6.45) is 0. The molecule has 0 bridgehead atoms. The van der Waals surface area contributed by atoms with Crippen molar-refractivity contribution < 1.29 is 0 Å². The second-order valence-corrected chi connectivity index (χ2v) is 30.4. The van der Waals surface area contributed by atoms with Gasteiger partial charge in [-0.1, -0.05) is 91.3 Å². The van der Waals surface area contributed by atoms with Gasteiger partial charge < -0.3 is 0 Å². The third kappa shape index (κ3) is 4.54. The maximum atomic E-state index is 2.55. The Morgan fingerprint density at radius 3 is 1.37 bits per heavy atom. The van der Waals surface area contributed by atoms with Gasteiger partial charge in [-0.15, -0.1) is 0 Å². The molecular formula is C16H31PSi2. The van der Waals surface area contributed by atoms with Crippen LogP contribution in [0.1, 0.15) is 26.3 Å². The fourth-order valence-corrected chi connectivity index (χ4v) is 36.6. The SMILES string of the molecule is CC(C)(C)c1ccc(P([Si](C)(C)C)[Si](C)(C)C)cc1. The molecule has 0 spiro atoms. The molecule has 0 aliphatic carbocycles. The highest BCUT2D eigenvalue weighted by molar-refractivity contribution is 8.22. The highest BCUT2D eigenvalue weighted by Gasteiger charge is 2.37. The number of benzene rings is 1. The summed E-state index contributed by atoms with van der Waals surface area (Å²) < 4.78 is 0. The van der Waals surface area contributed by atoms with Crippen LogP contribution in [-0.4, -0.2) is 15.5 Å². The van der Waals surface area contributed by atoms with Gasteiger partial charge in [-0.2, -0.15) is 0 Å². The molecule has 108 valence electrons. The van der Waals surface area contributed by atoms with E-state index in [1.165, 1.54) is 5.56 Å². The lowest BCUT2D eigenvalue weighted by atomic mass is 9.87. The van der Waals surface area contributed by atoms with E-state index >= 15 is 0 Å². The van der Waals surface area contributed by atoms with Gasteiger partial charge in [-0.25, -0.2) is 0 Å². The van der Waals surface area contributed by atoms with Gasteiger partial charge in [0.15, 0.2) is 0 Å². The second kappa shape index (κ2) is 5.46. The summed E-state index contributed by atoms with van der Waals surface area (Å²) in [5.74, 6) is 0. The molecule has 0 aromatic heterocycles. The standard InChI is InChI=1S/C16H31PSi2/c1-16(2,3)14-10-12-15(13-11-14)17(18(4,5)6)19(7,8)9/h10-13H,1-9H3. The second-order valence-electron chi connectivity index (χ2n) is 8.47. The topological polar surface area (TPSA) is 0 Å². The lowest BCUT2D eigenvalue weighted by Crippen LogP contribution is -2.37. The average molecular weight is 311 g/mol. The zero-order valence-corrected chi connectivity index (χ0v) is 17.2. The zero-order valence-electron chi connectivity index (χ0n) is 14.3. The molecule has 0 saturated heterocycles. The predicted molar refractivity (Wildman–Crippen MR) is 98.4 cm³/mol. The Bertz CT molecular complexity index is 402. The Morgan fingerprint density at radius 1 is 0.737 bits per heavy atom. The van der Waals surface area contributed by atoms with Crippen LogP contribution in [0.2, 0.25) is 39.3 Å². The molecule has 0 nitrogen and oxygen atoms in total. The van der Waals surface area contributed by atoms with Crippen LogP contribution in [0.4, 0.5) is 0 Å². The summed E-state index contributed by atoms with van der Waals surface area (Å²) in [5, 5.41) is 1.65. The summed E-state index contributed by atoms with van der Waals surface area (Å²) in [6, 6.07) is 9.60. The van der Waals surface area contributed by atoms with E-state index in [1.54, 1.807) is 5.30 Å². The van der Waals surface area contributed by atoms with Gasteiger partial charge in [0.05, 0.1) is 15.5 Å². The van der Waals surface area contributed by atoms with Crippen molar-refractivity contribution in [2.24, 2.45) is 0 Å². The van der Waals surface area contributed by atoms with E-state index in [-0.39, 0.29) is 12.4 Å². The number of hydrogen-bond acceptors (Lipinski definition) is 0. The maximum Gasteiger partial charge on any atom is 0.0730 e. The van der Waals surface area contributed by atoms with Crippen LogP contribution in [-0.2, 0) is 5.41 Å². The van der Waals surface area contributed by atoms with E-state index in [4.69, 9.17) is 0 Å². The highest BCUT2D eigenvalue weighted by Crippen LogP contribution is 2.53. The van der Waals surface area contributed by atoms with E-state index in [2.05, 4.69) is 84.3 Å². The minimum atomic E-state index is -1.10. The summed E-state index contributed by atoms with van der Waals surface area (Å²) in [6.45, 7) is 22.2. The Kier molecular flexibility index (Phi) is 4.93. The maximum absolute atomic E-state index is 2.55. The van der Waals surface area contributed by atoms with Crippen molar-refractivity contribution >= 4 is 27.8 Å². The van der Waals surface area contributed by atoms with Gasteiger partial charge >= 0.3 is 0 Å². The summed E-state index contributed by atoms with van der Waals surface area (Å²) >= 11 is 0. The lowest BCUT2D eigenvalue weighted by Gasteiger charge is -2.39. The quantitative estimate of drug-likeness (QED) is 0.492. The molecule has 0 unspecified atom stereocenters. The first-order valence-corrected chi connectivity index (χ1v) is 17.3. The van der Waals surface area contributed by atoms with Gasteiger partial charge in [0.25, 0.3) is 0 Å². The molecule has 0 aliphatic heterocycles. The fraction of sp³-hybridized carbons (Fsp3) is 0.625. The number of rotatable bonds is 3. The Balaban J connectivity index is 3.20. The molecule has 0 aliphatic rings. The average Bonchev–Trinajstić information content (AvgIpc) is 2.12. The Morgan fingerprint density at radius 2 is 1.11 bits per heavy atom. The third-order valence-corrected chi connectivity index (χ3v) is 28.5. The molecule has 0 heterocycles. The van der Waals surface area contributed by atoms with E-state index < -0.39 is 15.5 Å². The summed E-state index contributed by atoms with van der Waals surface area (Å²) in [5.41, 5.74) is 1.72. The molecule has 0 atom stereocenters. The van der Waals surface area contributed by atoms with Gasteiger partial charge in [-0.05, 0) is 16.3 Å². The first-order valence-electron chi connectivity index (χ1n) is 7.24. The summed E-state index contributed by atoms with van der Waals surface area (Å²) in [4.78, 5) is 0. The lowest BCUT2D eigenvalue weighted by molar-refractivity contribution is 0.590. The smallest absolute Gasteiger partial charge is 0.0730 e. The van der Waals surface area contributed by atoms with Crippen LogP contribution >= 0.6 is 7.02 Å². The van der Waals surface area contributed by atoms with Crippen LogP contribution in [0.15, 0.2) is 24.3 Å². The Hall–Kier alpha value is 0.0838. The van der Waals surface area contributed by atoms with Crippen molar-refractivity contribution in [1.82, 2.24) is 0 Å². The molecule has 3 heteroatoms. The molecule has 0 fully saturated rings. The Labute approximate surface area is 123 Å². The zero-order chi connectivity index (χ0) is 15.1. The van der Waals surface area contributed by atoms with Crippen molar-refractivity contribution in [3.8, 4) is 0 Å². The number of hydrogen-bond donors (Lipinski definition) is 0. The van der Waals surface area contributed by atoms with Crippen LogP contribution in [0, 0.1) is 0 Å². The largest absolute Gasteiger partial charge is 0.0997 e. The van der Waals surface area contributed by atoms with Gasteiger partial charge in [-0.3, -0.25) is 0 Å². The van der Waals surface area contributed by atoms with Crippen LogP contribution in [0.25, 0.3) is 0 Å². The van der Waals surface area contributed by atoms with Crippen molar-refractivity contribution in [1.29, 1.82) is 0 Å². The van der Waals surface area contributed by atoms with Gasteiger partial charge in [0.2, 0.25) is 0 Å². The van der Waals surface area contributed by atoms with E-state index in [9.17, 15) is 0 Å². The monoisotopic (exact) mass is 310 g/mol. The first-order chi connectivity index (χ1) is 8.33. The van der Waals surface area contributed by atoms with E-state index in [1.807, 2.05) is 0 Å². The minimum Gasteiger partial charge on any atom is -0.0997 e. The van der Waals surface area contributed by atoms with E-state index in [0.717, 1.165) is 0 Å². The molecule has 0 saturated carbocycles. The first kappa shape index (κ1) is 17.1. The third-order valence-electron chi connectivity index (χ3n) is 3.33. The van der Waals surface area contributed by atoms with Gasteiger partial charge in [0, 0.05) is 0 Å². The van der Waals surface area contributed by atoms with Crippen LogP contribution in [0.3, 0.4) is 0 Å². The molecular weight excluding hydrogens is 279 g/mol. The molecule has 19 heavy (non-hydrogen) atoms. The molecule has 0 N–H and O–H groups in total. The highest BCUT2D eigenvalue weighted by atomic mass is 31.6. The van der Waals surface area contributed by atoms with Crippen molar-refractivity contribution in [3.05, 3.63) is 29.8 Å². The minimum absolute atomic E-state index is 0.0917. The van der Waals surface area contributed by atoms with Gasteiger partial charge in [0.1, 0.15) is 0 Å². The molecule has 1 rings (SSSR count). The van der Waals surface area contributed by atoms with Crippen molar-refractivity contribution in [3.63, 3.8) is 0 Å². The fourth-order valence-electron chi connectivity index (χ4n) is 2.89. The molecule has 1 aromatic rings. The van der Waals surface area contributed by atoms with Crippen LogP contribution in [0.5, 0.6) is 0 Å². The normalized spacial score (nSPS) is 14.0.